The number of aliphatic hydroxyl groups excluding tert-OH is 1. The summed E-state index contributed by atoms with van der Waals surface area (Å²) in [5, 5.41) is 12.6. The fourth-order valence-electron chi connectivity index (χ4n) is 2.14. The Bertz CT molecular complexity index is 342. The first kappa shape index (κ1) is 14.2. The van der Waals surface area contributed by atoms with E-state index >= 15 is 0 Å². The average Bonchev–Trinajstić information content (AvgIpc) is 2.77. The van der Waals surface area contributed by atoms with E-state index in [0.717, 1.165) is 12.2 Å². The van der Waals surface area contributed by atoms with Crippen LogP contribution in [0.25, 0.3) is 0 Å². The fraction of sp³-hybridized carbons (Fsp3) is 0.769. The highest BCUT2D eigenvalue weighted by Crippen LogP contribution is 2.24. The zero-order chi connectivity index (χ0) is 13.1. The molecule has 1 aromatic heterocycles. The summed E-state index contributed by atoms with van der Waals surface area (Å²) in [6.45, 7) is 8.64. The predicted octanol–water partition coefficient (Wildman–Crippen LogP) is 1.93. The number of likely N-dealkylation sites (N-methyl/N-ethyl adjacent to an activating group) is 1. The lowest BCUT2D eigenvalue weighted by atomic mass is 9.94. The number of hydrogen-bond acceptors (Lipinski definition) is 3. The molecule has 0 bridgehead atoms. The van der Waals surface area contributed by atoms with Crippen LogP contribution in [0.2, 0.25) is 0 Å². The monoisotopic (exact) mass is 239 g/mol. The van der Waals surface area contributed by atoms with Crippen LogP contribution >= 0.6 is 0 Å². The summed E-state index contributed by atoms with van der Waals surface area (Å²) in [6, 6.07) is 0.319. The Balaban J connectivity index is 2.82. The maximum absolute atomic E-state index is 9.42. The molecule has 1 rings (SSSR count). The van der Waals surface area contributed by atoms with Gasteiger partial charge in [0, 0.05) is 29.9 Å². The van der Waals surface area contributed by atoms with E-state index in [1.54, 1.807) is 0 Å². The highest BCUT2D eigenvalue weighted by Gasteiger charge is 2.25. The third-order valence-corrected chi connectivity index (χ3v) is 3.39. The zero-order valence-corrected chi connectivity index (χ0v) is 11.6. The van der Waals surface area contributed by atoms with Crippen molar-refractivity contribution in [2.75, 3.05) is 13.7 Å². The Kier molecular flexibility index (Phi) is 4.71. The van der Waals surface area contributed by atoms with Gasteiger partial charge in [0.1, 0.15) is 5.82 Å². The number of nitrogens with one attached hydrogen (secondary N) is 1. The van der Waals surface area contributed by atoms with Gasteiger partial charge in [0.25, 0.3) is 0 Å². The van der Waals surface area contributed by atoms with E-state index in [4.69, 9.17) is 0 Å². The molecule has 1 heterocycles. The Morgan fingerprint density at radius 1 is 1.47 bits per heavy atom. The molecule has 0 aliphatic rings. The lowest BCUT2D eigenvalue weighted by Crippen LogP contribution is -2.45. The van der Waals surface area contributed by atoms with E-state index < -0.39 is 0 Å². The predicted molar refractivity (Wildman–Crippen MR) is 70.2 cm³/mol. The fourth-order valence-corrected chi connectivity index (χ4v) is 2.14. The molecule has 4 nitrogen and oxygen atoms in total. The van der Waals surface area contributed by atoms with Crippen LogP contribution in [0, 0.1) is 0 Å². The largest absolute Gasteiger partial charge is 0.394 e. The number of nitrogens with zero attached hydrogens (tertiary/aromatic N) is 2. The van der Waals surface area contributed by atoms with Gasteiger partial charge in [-0.3, -0.25) is 0 Å². The van der Waals surface area contributed by atoms with Crippen LogP contribution in [0.1, 0.15) is 51.9 Å². The van der Waals surface area contributed by atoms with Crippen molar-refractivity contribution in [1.82, 2.24) is 14.9 Å². The van der Waals surface area contributed by atoms with Crippen molar-refractivity contribution < 1.29 is 5.11 Å². The lowest BCUT2D eigenvalue weighted by molar-refractivity contribution is 0.158. The minimum atomic E-state index is -0.238. The number of rotatable bonds is 6. The molecule has 0 radical (unpaired) electrons. The molecular weight excluding hydrogens is 214 g/mol. The summed E-state index contributed by atoms with van der Waals surface area (Å²) in [4.78, 5) is 4.40. The van der Waals surface area contributed by atoms with Gasteiger partial charge in [0.2, 0.25) is 0 Å². The van der Waals surface area contributed by atoms with Gasteiger partial charge >= 0.3 is 0 Å². The van der Waals surface area contributed by atoms with Gasteiger partial charge in [-0.1, -0.05) is 13.8 Å². The summed E-state index contributed by atoms with van der Waals surface area (Å²) in [6.07, 6.45) is 4.74. The van der Waals surface area contributed by atoms with Crippen molar-refractivity contribution in [2.45, 2.75) is 51.6 Å². The first-order valence-corrected chi connectivity index (χ1v) is 6.26. The Hall–Kier alpha value is -0.870. The van der Waals surface area contributed by atoms with Gasteiger partial charge in [-0.05, 0) is 27.3 Å². The lowest BCUT2D eigenvalue weighted by Gasteiger charge is -2.31. The number of hydrogen-bond donors (Lipinski definition) is 2. The van der Waals surface area contributed by atoms with Crippen LogP contribution in [0.4, 0.5) is 0 Å². The quantitative estimate of drug-likeness (QED) is 0.797. The van der Waals surface area contributed by atoms with Crippen LogP contribution in [0.5, 0.6) is 0 Å². The summed E-state index contributed by atoms with van der Waals surface area (Å²) in [7, 11) is 1.89. The molecule has 0 aliphatic carbocycles. The van der Waals surface area contributed by atoms with Crippen molar-refractivity contribution in [1.29, 1.82) is 0 Å². The highest BCUT2D eigenvalue weighted by atomic mass is 16.3. The average molecular weight is 239 g/mol. The first-order valence-electron chi connectivity index (χ1n) is 6.26. The van der Waals surface area contributed by atoms with Gasteiger partial charge in [-0.25, -0.2) is 4.98 Å². The third kappa shape index (κ3) is 3.30. The molecule has 17 heavy (non-hydrogen) atoms. The van der Waals surface area contributed by atoms with Crippen molar-refractivity contribution in [2.24, 2.45) is 0 Å². The molecule has 4 heteroatoms. The van der Waals surface area contributed by atoms with E-state index in [1.165, 1.54) is 0 Å². The van der Waals surface area contributed by atoms with Crippen molar-refractivity contribution in [3.63, 3.8) is 0 Å². The summed E-state index contributed by atoms with van der Waals surface area (Å²) < 4.78 is 2.20. The minimum Gasteiger partial charge on any atom is -0.394 e. The molecule has 98 valence electrons. The van der Waals surface area contributed by atoms with Crippen LogP contribution < -0.4 is 5.32 Å². The van der Waals surface area contributed by atoms with Gasteiger partial charge in [-0.15, -0.1) is 0 Å². The third-order valence-electron chi connectivity index (χ3n) is 3.39. The Morgan fingerprint density at radius 3 is 2.59 bits per heavy atom. The molecular formula is C13H25N3O. The second kappa shape index (κ2) is 5.65. The molecule has 0 aliphatic heterocycles. The smallest absolute Gasteiger partial charge is 0.111 e. The molecule has 0 fully saturated rings. The molecule has 0 amide bonds. The van der Waals surface area contributed by atoms with Crippen LogP contribution in [-0.4, -0.2) is 33.9 Å². The molecule has 0 aromatic carbocycles. The summed E-state index contributed by atoms with van der Waals surface area (Å²) in [5.74, 6) is 1.52. The van der Waals surface area contributed by atoms with E-state index in [0.29, 0.717) is 12.0 Å². The molecule has 2 atom stereocenters. The second-order valence-corrected chi connectivity index (χ2v) is 5.37. The van der Waals surface area contributed by atoms with E-state index in [1.807, 2.05) is 26.4 Å². The van der Waals surface area contributed by atoms with Gasteiger partial charge in [0.05, 0.1) is 6.61 Å². The van der Waals surface area contributed by atoms with Crippen molar-refractivity contribution in [3.8, 4) is 0 Å². The topological polar surface area (TPSA) is 50.1 Å². The number of aromatic nitrogens is 2. The number of imidazole rings is 1. The summed E-state index contributed by atoms with van der Waals surface area (Å²) in [5.41, 5.74) is -0.238. The molecule has 0 saturated carbocycles. The van der Waals surface area contributed by atoms with Gasteiger partial charge < -0.3 is 15.0 Å². The van der Waals surface area contributed by atoms with E-state index in [9.17, 15) is 5.11 Å². The van der Waals surface area contributed by atoms with Crippen LogP contribution in [0.3, 0.4) is 0 Å². The zero-order valence-electron chi connectivity index (χ0n) is 11.6. The van der Waals surface area contributed by atoms with Gasteiger partial charge in [0.15, 0.2) is 0 Å². The second-order valence-electron chi connectivity index (χ2n) is 5.37. The molecule has 0 saturated heterocycles. The van der Waals surface area contributed by atoms with E-state index in [-0.39, 0.29) is 12.1 Å². The molecule has 0 spiro atoms. The normalized spacial score (nSPS) is 17.1. The maximum Gasteiger partial charge on any atom is 0.111 e. The van der Waals surface area contributed by atoms with Crippen molar-refractivity contribution >= 4 is 0 Å². The molecule has 2 N–H and O–H groups in total. The summed E-state index contributed by atoms with van der Waals surface area (Å²) >= 11 is 0. The SMILES string of the molecule is CNC(C)(CO)CC(C)n1ccnc1C(C)C. The maximum atomic E-state index is 9.42. The standard InChI is InChI=1S/C13H25N3O/c1-10(2)12-15-6-7-16(12)11(3)8-13(4,9-17)14-5/h6-7,10-11,14,17H,8-9H2,1-5H3. The van der Waals surface area contributed by atoms with Crippen LogP contribution in [0.15, 0.2) is 12.4 Å². The van der Waals surface area contributed by atoms with Gasteiger partial charge in [-0.2, -0.15) is 0 Å². The molecule has 1 aromatic rings. The first-order chi connectivity index (χ1) is 7.93. The Labute approximate surface area is 104 Å². The Morgan fingerprint density at radius 2 is 2.12 bits per heavy atom. The number of aliphatic hydroxyl groups is 1. The highest BCUT2D eigenvalue weighted by molar-refractivity contribution is 5.00. The van der Waals surface area contributed by atoms with Crippen LogP contribution in [-0.2, 0) is 0 Å². The van der Waals surface area contributed by atoms with Crippen molar-refractivity contribution in [3.05, 3.63) is 18.2 Å². The van der Waals surface area contributed by atoms with E-state index in [2.05, 4.69) is 35.6 Å². The molecule has 2 unspecified atom stereocenters. The minimum absolute atomic E-state index is 0.138.